The Bertz CT molecular complexity index is 611. The highest BCUT2D eigenvalue weighted by molar-refractivity contribution is 5.89. The van der Waals surface area contributed by atoms with Crippen LogP contribution in [-0.2, 0) is 0 Å². The predicted molar refractivity (Wildman–Crippen MR) is 78.0 cm³/mol. The number of rotatable bonds is 5. The minimum atomic E-state index is -0.896. The maximum atomic E-state index is 11.2. The molecule has 0 aliphatic heterocycles. The van der Waals surface area contributed by atoms with Gasteiger partial charge in [0.05, 0.1) is 12.2 Å². The van der Waals surface area contributed by atoms with Gasteiger partial charge in [0, 0.05) is 17.1 Å². The molecule has 0 saturated carbocycles. The van der Waals surface area contributed by atoms with Crippen LogP contribution in [0.15, 0.2) is 30.3 Å². The van der Waals surface area contributed by atoms with Crippen molar-refractivity contribution in [1.82, 2.24) is 4.57 Å². The van der Waals surface area contributed by atoms with E-state index >= 15 is 0 Å². The summed E-state index contributed by atoms with van der Waals surface area (Å²) in [5, 5.41) is 9.16. The largest absolute Gasteiger partial charge is 0.494 e. The molecule has 0 bridgehead atoms. The van der Waals surface area contributed by atoms with E-state index in [2.05, 4.69) is 6.92 Å². The maximum absolute atomic E-state index is 11.2. The highest BCUT2D eigenvalue weighted by Gasteiger charge is 2.15. The summed E-state index contributed by atoms with van der Waals surface area (Å²) in [5.41, 5.74) is 2.92. The zero-order valence-electron chi connectivity index (χ0n) is 12.0. The molecule has 0 radical (unpaired) electrons. The molecule has 1 N–H and O–H groups in total. The Hall–Kier alpha value is -2.23. The number of benzene rings is 1. The summed E-state index contributed by atoms with van der Waals surface area (Å²) in [7, 11) is 0. The van der Waals surface area contributed by atoms with Crippen LogP contribution >= 0.6 is 0 Å². The lowest BCUT2D eigenvalue weighted by Crippen LogP contribution is -2.02. The van der Waals surface area contributed by atoms with Crippen LogP contribution in [0.5, 0.6) is 5.75 Å². The van der Waals surface area contributed by atoms with Crippen LogP contribution in [0.25, 0.3) is 5.69 Å². The van der Waals surface area contributed by atoms with Crippen molar-refractivity contribution in [1.29, 1.82) is 0 Å². The van der Waals surface area contributed by atoms with Gasteiger partial charge in [-0.15, -0.1) is 0 Å². The molecule has 0 amide bonds. The Labute approximate surface area is 118 Å². The predicted octanol–water partition coefficient (Wildman–Crippen LogP) is 3.58. The number of nitrogens with zero attached hydrogens (tertiary/aromatic N) is 1. The van der Waals surface area contributed by atoms with Gasteiger partial charge in [-0.2, -0.15) is 0 Å². The molecule has 0 unspecified atom stereocenters. The quantitative estimate of drug-likeness (QED) is 0.905. The molecule has 1 heterocycles. The second kappa shape index (κ2) is 5.82. The van der Waals surface area contributed by atoms with Crippen molar-refractivity contribution >= 4 is 5.97 Å². The molecule has 2 rings (SSSR count). The van der Waals surface area contributed by atoms with Gasteiger partial charge in [-0.25, -0.2) is 4.79 Å². The molecule has 0 aliphatic rings. The average Bonchev–Trinajstić information content (AvgIpc) is 2.73. The van der Waals surface area contributed by atoms with E-state index in [9.17, 15) is 4.79 Å². The maximum Gasteiger partial charge on any atom is 0.337 e. The van der Waals surface area contributed by atoms with E-state index in [1.807, 2.05) is 42.7 Å². The Morgan fingerprint density at radius 2 is 1.90 bits per heavy atom. The zero-order chi connectivity index (χ0) is 14.7. The third-order valence-electron chi connectivity index (χ3n) is 3.23. The van der Waals surface area contributed by atoms with E-state index < -0.39 is 5.97 Å². The van der Waals surface area contributed by atoms with E-state index in [1.54, 1.807) is 6.07 Å². The van der Waals surface area contributed by atoms with E-state index in [-0.39, 0.29) is 0 Å². The first-order valence-electron chi connectivity index (χ1n) is 6.70. The lowest BCUT2D eigenvalue weighted by atomic mass is 10.2. The number of carboxylic acid groups (broad SMARTS) is 1. The molecule has 0 aliphatic carbocycles. The molecule has 0 fully saturated rings. The van der Waals surface area contributed by atoms with Gasteiger partial charge in [-0.1, -0.05) is 6.92 Å². The molecule has 0 spiro atoms. The highest BCUT2D eigenvalue weighted by atomic mass is 16.5. The van der Waals surface area contributed by atoms with Gasteiger partial charge in [0.2, 0.25) is 0 Å². The van der Waals surface area contributed by atoms with Crippen molar-refractivity contribution in [2.45, 2.75) is 27.2 Å². The number of carbonyl (C=O) groups is 1. The molecular weight excluding hydrogens is 254 g/mol. The van der Waals surface area contributed by atoms with Crippen LogP contribution in [0.2, 0.25) is 0 Å². The van der Waals surface area contributed by atoms with Crippen molar-refractivity contribution in [3.8, 4) is 11.4 Å². The van der Waals surface area contributed by atoms with Gasteiger partial charge in [0.1, 0.15) is 5.75 Å². The molecule has 1 aromatic heterocycles. The minimum Gasteiger partial charge on any atom is -0.494 e. The lowest BCUT2D eigenvalue weighted by Gasteiger charge is -2.11. The van der Waals surface area contributed by atoms with E-state index in [0.717, 1.165) is 29.2 Å². The number of ether oxygens (including phenoxy) is 1. The van der Waals surface area contributed by atoms with Crippen molar-refractivity contribution < 1.29 is 14.6 Å². The van der Waals surface area contributed by atoms with E-state index in [0.29, 0.717) is 12.2 Å². The molecular formula is C16H19NO3. The Morgan fingerprint density at radius 3 is 2.40 bits per heavy atom. The molecule has 20 heavy (non-hydrogen) atoms. The van der Waals surface area contributed by atoms with Crippen LogP contribution in [0, 0.1) is 13.8 Å². The molecule has 2 aromatic rings. The van der Waals surface area contributed by atoms with Crippen LogP contribution in [0.1, 0.15) is 35.1 Å². The van der Waals surface area contributed by atoms with E-state index in [1.165, 1.54) is 0 Å². The number of aromatic carboxylic acids is 1. The number of carboxylic acids is 1. The molecule has 1 aromatic carbocycles. The summed E-state index contributed by atoms with van der Waals surface area (Å²) >= 11 is 0. The topological polar surface area (TPSA) is 51.5 Å². The molecule has 4 heteroatoms. The first kappa shape index (κ1) is 14.2. The Balaban J connectivity index is 2.34. The van der Waals surface area contributed by atoms with Gasteiger partial charge in [-0.3, -0.25) is 0 Å². The number of hydrogen-bond acceptors (Lipinski definition) is 2. The van der Waals surface area contributed by atoms with Gasteiger partial charge in [0.15, 0.2) is 0 Å². The average molecular weight is 273 g/mol. The van der Waals surface area contributed by atoms with Crippen molar-refractivity contribution in [3.63, 3.8) is 0 Å². The van der Waals surface area contributed by atoms with Gasteiger partial charge >= 0.3 is 5.97 Å². The molecule has 4 nitrogen and oxygen atoms in total. The van der Waals surface area contributed by atoms with Crippen molar-refractivity contribution in [3.05, 3.63) is 47.3 Å². The molecule has 0 saturated heterocycles. The van der Waals surface area contributed by atoms with Gasteiger partial charge in [0.25, 0.3) is 0 Å². The lowest BCUT2D eigenvalue weighted by molar-refractivity contribution is 0.0696. The van der Waals surface area contributed by atoms with Crippen molar-refractivity contribution in [2.75, 3.05) is 6.61 Å². The summed E-state index contributed by atoms with van der Waals surface area (Å²) in [4.78, 5) is 11.2. The summed E-state index contributed by atoms with van der Waals surface area (Å²) in [5.74, 6) is -0.0660. The van der Waals surface area contributed by atoms with Gasteiger partial charge in [-0.05, 0) is 50.6 Å². The molecule has 106 valence electrons. The van der Waals surface area contributed by atoms with Gasteiger partial charge < -0.3 is 14.4 Å². The summed E-state index contributed by atoms with van der Waals surface area (Å²) in [6.45, 7) is 6.48. The third kappa shape index (κ3) is 2.69. The fraction of sp³-hybridized carbons (Fsp3) is 0.312. The second-order valence-corrected chi connectivity index (χ2v) is 4.77. The first-order chi connectivity index (χ1) is 9.54. The van der Waals surface area contributed by atoms with E-state index in [4.69, 9.17) is 9.84 Å². The summed E-state index contributed by atoms with van der Waals surface area (Å²) < 4.78 is 7.48. The SMILES string of the molecule is CCCOc1ccc(-n2c(C)cc(C(=O)O)c2C)cc1. The zero-order valence-corrected chi connectivity index (χ0v) is 12.0. The highest BCUT2D eigenvalue weighted by Crippen LogP contribution is 2.22. The fourth-order valence-electron chi connectivity index (χ4n) is 2.29. The van der Waals surface area contributed by atoms with Crippen LogP contribution < -0.4 is 4.74 Å². The Kier molecular flexibility index (Phi) is 4.13. The minimum absolute atomic E-state index is 0.341. The van der Waals surface area contributed by atoms with Crippen LogP contribution in [0.4, 0.5) is 0 Å². The number of hydrogen-bond donors (Lipinski definition) is 1. The van der Waals surface area contributed by atoms with Crippen molar-refractivity contribution in [2.24, 2.45) is 0 Å². The normalized spacial score (nSPS) is 10.6. The fourth-order valence-corrected chi connectivity index (χ4v) is 2.29. The Morgan fingerprint density at radius 1 is 1.25 bits per heavy atom. The summed E-state index contributed by atoms with van der Waals surface area (Å²) in [6.07, 6.45) is 0.972. The smallest absolute Gasteiger partial charge is 0.337 e. The third-order valence-corrected chi connectivity index (χ3v) is 3.23. The second-order valence-electron chi connectivity index (χ2n) is 4.77. The molecule has 0 atom stereocenters. The number of aryl methyl sites for hydroxylation is 1. The standard InChI is InChI=1S/C16H19NO3/c1-4-9-20-14-7-5-13(6-8-14)17-11(2)10-15(12(17)3)16(18)19/h5-8,10H,4,9H2,1-3H3,(H,18,19). The monoisotopic (exact) mass is 273 g/mol. The number of aromatic nitrogens is 1. The first-order valence-corrected chi connectivity index (χ1v) is 6.70. The summed E-state index contributed by atoms with van der Waals surface area (Å²) in [6, 6.07) is 9.39. The van der Waals surface area contributed by atoms with Crippen LogP contribution in [0.3, 0.4) is 0 Å². The van der Waals surface area contributed by atoms with Crippen LogP contribution in [-0.4, -0.2) is 22.2 Å².